The maximum Gasteiger partial charge on any atom is 0.333 e. The molecule has 0 radical (unpaired) electrons. The van der Waals surface area contributed by atoms with Gasteiger partial charge in [-0.25, -0.2) is 0 Å². The molecule has 14 nitrogen and oxygen atoms in total. The van der Waals surface area contributed by atoms with Gasteiger partial charge in [0.15, 0.2) is 5.79 Å². The fraction of sp³-hybridized carbons (Fsp3) is 0.879. The van der Waals surface area contributed by atoms with Crippen LogP contribution in [-0.2, 0) is 34.1 Å². The quantitative estimate of drug-likeness (QED) is 0.0339. The standard InChI is InChI=1S/C33H60N2O12S/c36-24-26(35-48(42,43)44)25-45-22-13-6-2-3-8-15-27(37)28(38)16-9-7-12-20-33-21-14-18-30(47-33)29(46-33)17-10-4-1-5-11-19-31(39)34-23-32(40)41/h11,19,26-30,35-38H,1-10,12-18,20-25H2,(H,34,39)(H,40,41)(H,42,43,44). The predicted molar refractivity (Wildman–Crippen MR) is 178 cm³/mol. The molecular formula is C33H60N2O12S. The van der Waals surface area contributed by atoms with E-state index in [1.807, 2.05) is 4.72 Å². The van der Waals surface area contributed by atoms with Crippen LogP contribution in [0.4, 0.5) is 0 Å². The summed E-state index contributed by atoms with van der Waals surface area (Å²) in [5, 5.41) is 40.8. The number of fused-ring (bicyclic) bond motifs is 2. The van der Waals surface area contributed by atoms with Crippen LogP contribution in [-0.4, -0.2) is 108 Å². The first kappa shape index (κ1) is 42.5. The summed E-state index contributed by atoms with van der Waals surface area (Å²) >= 11 is 0. The minimum atomic E-state index is -4.39. The maximum atomic E-state index is 11.5. The number of rotatable bonds is 29. The predicted octanol–water partition coefficient (Wildman–Crippen LogP) is 3.14. The van der Waals surface area contributed by atoms with Crippen LogP contribution in [0.25, 0.3) is 0 Å². The molecule has 2 aliphatic rings. The molecule has 0 aromatic heterocycles. The van der Waals surface area contributed by atoms with Crippen molar-refractivity contribution < 1.29 is 57.2 Å². The van der Waals surface area contributed by atoms with Gasteiger partial charge in [-0.05, 0) is 63.9 Å². The topological polar surface area (TPSA) is 221 Å². The van der Waals surface area contributed by atoms with Gasteiger partial charge in [-0.1, -0.05) is 57.4 Å². The molecule has 0 spiro atoms. The van der Waals surface area contributed by atoms with Gasteiger partial charge in [-0.2, -0.15) is 13.1 Å². The van der Waals surface area contributed by atoms with Gasteiger partial charge in [0.05, 0.1) is 43.7 Å². The second-order valence-electron chi connectivity index (χ2n) is 13.1. The van der Waals surface area contributed by atoms with Gasteiger partial charge in [0.1, 0.15) is 6.54 Å². The molecule has 2 saturated heterocycles. The van der Waals surface area contributed by atoms with Crippen molar-refractivity contribution in [3.8, 4) is 0 Å². The van der Waals surface area contributed by atoms with Gasteiger partial charge < -0.3 is 40.0 Å². The highest BCUT2D eigenvalue weighted by atomic mass is 32.2. The maximum absolute atomic E-state index is 11.5. The molecule has 0 aliphatic carbocycles. The third kappa shape index (κ3) is 18.9. The lowest BCUT2D eigenvalue weighted by atomic mass is 9.95. The lowest BCUT2D eigenvalue weighted by molar-refractivity contribution is -0.198. The number of carbonyl (C=O) groups excluding carboxylic acids is 1. The Bertz CT molecular complexity index is 1050. The lowest BCUT2D eigenvalue weighted by Gasteiger charge is -2.31. The zero-order chi connectivity index (χ0) is 35.3. The number of aliphatic carboxylic acids is 1. The second-order valence-corrected chi connectivity index (χ2v) is 14.3. The summed E-state index contributed by atoms with van der Waals surface area (Å²) in [5.74, 6) is -1.96. The second kappa shape index (κ2) is 23.7. The van der Waals surface area contributed by atoms with Crippen molar-refractivity contribution in [1.29, 1.82) is 0 Å². The number of ether oxygens (including phenoxy) is 3. The van der Waals surface area contributed by atoms with Gasteiger partial charge in [0, 0.05) is 19.4 Å². The van der Waals surface area contributed by atoms with E-state index in [0.717, 1.165) is 109 Å². The van der Waals surface area contributed by atoms with E-state index in [2.05, 4.69) is 5.32 Å². The highest BCUT2D eigenvalue weighted by Gasteiger charge is 2.49. The summed E-state index contributed by atoms with van der Waals surface area (Å²) in [4.78, 5) is 22.0. The van der Waals surface area contributed by atoms with E-state index in [4.69, 9.17) is 29.0 Å². The number of aliphatic hydroxyl groups excluding tert-OH is 3. The summed E-state index contributed by atoms with van der Waals surface area (Å²) in [7, 11) is -4.39. The van der Waals surface area contributed by atoms with E-state index in [0.29, 0.717) is 19.4 Å². The van der Waals surface area contributed by atoms with E-state index < -0.39 is 52.8 Å². The Hall–Kier alpha value is -1.69. The van der Waals surface area contributed by atoms with Crippen LogP contribution < -0.4 is 10.0 Å². The number of aliphatic hydroxyl groups is 3. The first-order valence-electron chi connectivity index (χ1n) is 17.7. The number of unbranched alkanes of at least 4 members (excludes halogenated alkanes) is 9. The Kier molecular flexibility index (Phi) is 20.9. The number of carbonyl (C=O) groups is 2. The molecule has 280 valence electrons. The monoisotopic (exact) mass is 708 g/mol. The fourth-order valence-electron chi connectivity index (χ4n) is 6.31. The zero-order valence-electron chi connectivity index (χ0n) is 28.3. The van der Waals surface area contributed by atoms with Crippen molar-refractivity contribution in [2.24, 2.45) is 0 Å². The van der Waals surface area contributed by atoms with Crippen LogP contribution in [0.2, 0.25) is 0 Å². The lowest BCUT2D eigenvalue weighted by Crippen LogP contribution is -2.40. The molecule has 0 aromatic carbocycles. The highest BCUT2D eigenvalue weighted by Crippen LogP contribution is 2.44. The number of allylic oxidation sites excluding steroid dienone is 1. The molecule has 7 N–H and O–H groups in total. The molecule has 2 fully saturated rings. The normalized spacial score (nSPS) is 22.9. The van der Waals surface area contributed by atoms with Crippen molar-refractivity contribution in [3.05, 3.63) is 12.2 Å². The zero-order valence-corrected chi connectivity index (χ0v) is 29.1. The summed E-state index contributed by atoms with van der Waals surface area (Å²) in [6.45, 7) is -0.476. The van der Waals surface area contributed by atoms with E-state index >= 15 is 0 Å². The van der Waals surface area contributed by atoms with Crippen molar-refractivity contribution in [2.45, 2.75) is 158 Å². The number of amides is 1. The first-order valence-corrected chi connectivity index (χ1v) is 19.2. The Morgan fingerprint density at radius 3 is 2.29 bits per heavy atom. The van der Waals surface area contributed by atoms with Crippen LogP contribution >= 0.6 is 0 Å². The van der Waals surface area contributed by atoms with Crippen LogP contribution in [0, 0.1) is 0 Å². The third-order valence-electron chi connectivity index (χ3n) is 8.88. The molecule has 1 amide bonds. The molecule has 2 heterocycles. The molecule has 2 rings (SSSR count). The number of hydrogen-bond donors (Lipinski definition) is 7. The SMILES string of the molecule is O=C(O)CNC(=O)C=CCCCCCC1OC2(CCCCCC(O)C(O)CCCCCCCOCC(CO)NS(=O)(=O)O)CCCC1O2. The summed E-state index contributed by atoms with van der Waals surface area (Å²) in [5.41, 5.74) is 0. The molecule has 2 aliphatic heterocycles. The van der Waals surface area contributed by atoms with E-state index in [-0.39, 0.29) is 25.4 Å². The average molecular weight is 709 g/mol. The van der Waals surface area contributed by atoms with E-state index in [9.17, 15) is 28.2 Å². The van der Waals surface area contributed by atoms with E-state index in [1.54, 1.807) is 6.08 Å². The fourth-order valence-corrected chi connectivity index (χ4v) is 6.87. The molecule has 2 bridgehead atoms. The van der Waals surface area contributed by atoms with Crippen molar-refractivity contribution >= 4 is 22.2 Å². The smallest absolute Gasteiger partial charge is 0.333 e. The Balaban J connectivity index is 1.47. The molecule has 0 aromatic rings. The van der Waals surface area contributed by atoms with Gasteiger partial charge >= 0.3 is 16.3 Å². The van der Waals surface area contributed by atoms with Gasteiger partial charge in [-0.15, -0.1) is 0 Å². The average Bonchev–Trinajstić information content (AvgIpc) is 3.28. The van der Waals surface area contributed by atoms with Crippen LogP contribution in [0.3, 0.4) is 0 Å². The third-order valence-corrected chi connectivity index (χ3v) is 9.51. The van der Waals surface area contributed by atoms with Gasteiger partial charge in [0.25, 0.3) is 0 Å². The van der Waals surface area contributed by atoms with E-state index in [1.165, 1.54) is 6.08 Å². The van der Waals surface area contributed by atoms with Gasteiger partial charge in [0.2, 0.25) is 5.91 Å². The molecular weight excluding hydrogens is 648 g/mol. The van der Waals surface area contributed by atoms with Gasteiger partial charge in [-0.3, -0.25) is 14.1 Å². The van der Waals surface area contributed by atoms with Crippen molar-refractivity contribution in [2.75, 3.05) is 26.4 Å². The largest absolute Gasteiger partial charge is 0.480 e. The number of hydrogen-bond acceptors (Lipinski definition) is 10. The molecule has 48 heavy (non-hydrogen) atoms. The molecule has 15 heteroatoms. The minimum Gasteiger partial charge on any atom is -0.480 e. The summed E-state index contributed by atoms with van der Waals surface area (Å²) < 4.78 is 50.5. The number of nitrogens with one attached hydrogen (secondary N) is 2. The Labute approximate surface area is 285 Å². The summed E-state index contributed by atoms with van der Waals surface area (Å²) in [6.07, 6.45) is 18.7. The highest BCUT2D eigenvalue weighted by molar-refractivity contribution is 7.83. The summed E-state index contributed by atoms with van der Waals surface area (Å²) in [6, 6.07) is -0.886. The Morgan fingerprint density at radius 1 is 0.938 bits per heavy atom. The van der Waals surface area contributed by atoms with Crippen LogP contribution in [0.1, 0.15) is 122 Å². The van der Waals surface area contributed by atoms with Crippen LogP contribution in [0.5, 0.6) is 0 Å². The van der Waals surface area contributed by atoms with Crippen molar-refractivity contribution in [3.63, 3.8) is 0 Å². The first-order chi connectivity index (χ1) is 22.9. The number of carboxylic acid groups (broad SMARTS) is 1. The Morgan fingerprint density at radius 2 is 1.60 bits per heavy atom. The number of carboxylic acids is 1. The minimum absolute atomic E-state index is 0.0308. The molecule has 6 unspecified atom stereocenters. The molecule has 6 atom stereocenters. The molecule has 0 saturated carbocycles. The van der Waals surface area contributed by atoms with Crippen molar-refractivity contribution in [1.82, 2.24) is 10.0 Å². The van der Waals surface area contributed by atoms with Crippen LogP contribution in [0.15, 0.2) is 12.2 Å².